The lowest BCUT2D eigenvalue weighted by Gasteiger charge is -2.19. The molecule has 1 aromatic carbocycles. The fourth-order valence-corrected chi connectivity index (χ4v) is 2.75. The highest BCUT2D eigenvalue weighted by Gasteiger charge is 2.33. The highest BCUT2D eigenvalue weighted by molar-refractivity contribution is 5.79. The van der Waals surface area contributed by atoms with Gasteiger partial charge in [-0.05, 0) is 48.6 Å². The fraction of sp³-hybridized carbons (Fsp3) is 0.333. The van der Waals surface area contributed by atoms with E-state index < -0.39 is 0 Å². The number of carbonyl (C=O) groups excluding carboxylic acids is 1. The first-order chi connectivity index (χ1) is 11.2. The molecule has 1 fully saturated rings. The summed E-state index contributed by atoms with van der Waals surface area (Å²) < 4.78 is 18.6. The molecule has 5 heteroatoms. The van der Waals surface area contributed by atoms with Crippen molar-refractivity contribution < 1.29 is 13.9 Å². The van der Waals surface area contributed by atoms with Crippen LogP contribution in [0.4, 0.5) is 4.39 Å². The number of hydrogen-bond acceptors (Lipinski definition) is 3. The number of aromatic nitrogens is 1. The van der Waals surface area contributed by atoms with Crippen LogP contribution in [-0.2, 0) is 11.2 Å². The van der Waals surface area contributed by atoms with Crippen LogP contribution in [0, 0.1) is 11.7 Å². The highest BCUT2D eigenvalue weighted by Crippen LogP contribution is 2.40. The van der Waals surface area contributed by atoms with Gasteiger partial charge in [0.05, 0.1) is 19.6 Å². The number of halogens is 1. The van der Waals surface area contributed by atoms with Crippen molar-refractivity contribution in [3.05, 3.63) is 59.7 Å². The smallest absolute Gasteiger partial charge is 0.225 e. The van der Waals surface area contributed by atoms with Gasteiger partial charge in [-0.1, -0.05) is 6.07 Å². The van der Waals surface area contributed by atoms with E-state index in [1.54, 1.807) is 12.4 Å². The predicted molar refractivity (Wildman–Crippen MR) is 84.5 cm³/mol. The summed E-state index contributed by atoms with van der Waals surface area (Å²) in [6, 6.07) is 8.01. The third-order valence-corrected chi connectivity index (χ3v) is 4.05. The molecule has 2 aromatic rings. The van der Waals surface area contributed by atoms with Crippen molar-refractivity contribution in [2.45, 2.75) is 25.3 Å². The van der Waals surface area contributed by atoms with Gasteiger partial charge in [0.1, 0.15) is 11.6 Å². The third kappa shape index (κ3) is 3.86. The van der Waals surface area contributed by atoms with Gasteiger partial charge in [0.2, 0.25) is 5.91 Å². The number of methoxy groups -OCH3 is 1. The summed E-state index contributed by atoms with van der Waals surface area (Å²) in [5.74, 6) is 0.456. The number of nitrogens with one attached hydrogen (secondary N) is 1. The maximum Gasteiger partial charge on any atom is 0.225 e. The summed E-state index contributed by atoms with van der Waals surface area (Å²) in [7, 11) is 1.51. The number of hydrogen-bond donors (Lipinski definition) is 1. The quantitative estimate of drug-likeness (QED) is 0.891. The van der Waals surface area contributed by atoms with Crippen LogP contribution in [0.2, 0.25) is 0 Å². The Bertz CT molecular complexity index is 687. The summed E-state index contributed by atoms with van der Waals surface area (Å²) in [5, 5.41) is 3.06. The molecule has 1 heterocycles. The van der Waals surface area contributed by atoms with Crippen LogP contribution in [0.5, 0.6) is 5.75 Å². The first kappa shape index (κ1) is 15.5. The van der Waals surface area contributed by atoms with E-state index in [0.29, 0.717) is 17.2 Å². The molecule has 1 amide bonds. The average molecular weight is 314 g/mol. The van der Waals surface area contributed by atoms with Crippen molar-refractivity contribution >= 4 is 5.91 Å². The molecule has 1 aliphatic carbocycles. The molecule has 0 aliphatic heterocycles. The Morgan fingerprint density at radius 2 is 2.26 bits per heavy atom. The maximum absolute atomic E-state index is 13.4. The number of benzene rings is 1. The molecule has 1 N–H and O–H groups in total. The largest absolute Gasteiger partial charge is 0.496 e. The Kier molecular flexibility index (Phi) is 4.55. The number of ether oxygens (including phenoxy) is 1. The molecule has 0 bridgehead atoms. The van der Waals surface area contributed by atoms with Crippen molar-refractivity contribution in [2.75, 3.05) is 7.11 Å². The van der Waals surface area contributed by atoms with E-state index in [0.717, 1.165) is 18.4 Å². The summed E-state index contributed by atoms with van der Waals surface area (Å²) in [4.78, 5) is 16.5. The number of amides is 1. The molecule has 1 aliphatic rings. The molecule has 1 unspecified atom stereocenters. The van der Waals surface area contributed by atoms with Crippen LogP contribution in [0.25, 0.3) is 0 Å². The Hall–Kier alpha value is -2.43. The van der Waals surface area contributed by atoms with Crippen LogP contribution in [-0.4, -0.2) is 18.0 Å². The van der Waals surface area contributed by atoms with E-state index in [1.807, 2.05) is 12.1 Å². The van der Waals surface area contributed by atoms with Gasteiger partial charge in [0, 0.05) is 18.0 Å². The van der Waals surface area contributed by atoms with Crippen LogP contribution in [0.15, 0.2) is 42.7 Å². The van der Waals surface area contributed by atoms with Crippen molar-refractivity contribution in [3.8, 4) is 5.75 Å². The summed E-state index contributed by atoms with van der Waals surface area (Å²) in [6.45, 7) is 0. The molecule has 1 saturated carbocycles. The van der Waals surface area contributed by atoms with Gasteiger partial charge in [-0.2, -0.15) is 0 Å². The Balaban J connectivity index is 1.72. The molecular weight excluding hydrogens is 295 g/mol. The molecule has 0 saturated heterocycles. The SMILES string of the molecule is COc1ccc(F)cc1CC(=O)NC(c1cccnc1)C1CC1. The zero-order chi connectivity index (χ0) is 16.2. The zero-order valence-corrected chi connectivity index (χ0v) is 13.0. The predicted octanol–water partition coefficient (Wildman–Crippen LogP) is 3.04. The van der Waals surface area contributed by atoms with Crippen LogP contribution >= 0.6 is 0 Å². The molecule has 0 spiro atoms. The number of carbonyl (C=O) groups is 1. The number of pyridine rings is 1. The minimum atomic E-state index is -0.375. The van der Waals surface area contributed by atoms with Gasteiger partial charge in [-0.25, -0.2) is 4.39 Å². The molecule has 4 nitrogen and oxygen atoms in total. The van der Waals surface area contributed by atoms with E-state index >= 15 is 0 Å². The van der Waals surface area contributed by atoms with Gasteiger partial charge >= 0.3 is 0 Å². The maximum atomic E-state index is 13.4. The van der Waals surface area contributed by atoms with E-state index in [9.17, 15) is 9.18 Å². The van der Waals surface area contributed by atoms with Gasteiger partial charge < -0.3 is 10.1 Å². The van der Waals surface area contributed by atoms with Gasteiger partial charge in [0.25, 0.3) is 0 Å². The van der Waals surface area contributed by atoms with E-state index in [2.05, 4.69) is 10.3 Å². The molecular formula is C18H19FN2O2. The van der Waals surface area contributed by atoms with Crippen LogP contribution < -0.4 is 10.1 Å². The minimum absolute atomic E-state index is 0.0317. The molecule has 23 heavy (non-hydrogen) atoms. The fourth-order valence-electron chi connectivity index (χ4n) is 2.75. The van der Waals surface area contributed by atoms with Crippen molar-refractivity contribution in [3.63, 3.8) is 0 Å². The third-order valence-electron chi connectivity index (χ3n) is 4.05. The molecule has 1 atom stereocenters. The first-order valence-electron chi connectivity index (χ1n) is 7.69. The second-order valence-corrected chi connectivity index (χ2v) is 5.80. The first-order valence-corrected chi connectivity index (χ1v) is 7.69. The standard InChI is InChI=1S/C18H19FN2O2/c1-23-16-7-6-15(19)9-14(16)10-17(22)21-18(12-4-5-12)13-3-2-8-20-11-13/h2-3,6-9,11-12,18H,4-5,10H2,1H3,(H,21,22). The monoisotopic (exact) mass is 314 g/mol. The van der Waals surface area contributed by atoms with E-state index in [4.69, 9.17) is 4.74 Å². The normalized spacial score (nSPS) is 15.0. The Morgan fingerprint density at radius 3 is 2.91 bits per heavy atom. The minimum Gasteiger partial charge on any atom is -0.496 e. The summed E-state index contributed by atoms with van der Waals surface area (Å²) >= 11 is 0. The van der Waals surface area contributed by atoms with Crippen molar-refractivity contribution in [2.24, 2.45) is 5.92 Å². The highest BCUT2D eigenvalue weighted by atomic mass is 19.1. The molecule has 1 aromatic heterocycles. The molecule has 3 rings (SSSR count). The average Bonchev–Trinajstić information content (AvgIpc) is 3.38. The lowest BCUT2D eigenvalue weighted by atomic mass is 10.0. The van der Waals surface area contributed by atoms with Gasteiger partial charge in [-0.15, -0.1) is 0 Å². The second-order valence-electron chi connectivity index (χ2n) is 5.80. The van der Waals surface area contributed by atoms with Gasteiger partial charge in [0.15, 0.2) is 0 Å². The summed E-state index contributed by atoms with van der Waals surface area (Å²) in [5.41, 5.74) is 1.56. The Labute approximate surface area is 134 Å². The molecule has 0 radical (unpaired) electrons. The number of rotatable bonds is 6. The Morgan fingerprint density at radius 1 is 1.43 bits per heavy atom. The second kappa shape index (κ2) is 6.77. The summed E-state index contributed by atoms with van der Waals surface area (Å²) in [6.07, 6.45) is 5.79. The van der Waals surface area contributed by atoms with Crippen molar-refractivity contribution in [1.29, 1.82) is 0 Å². The van der Waals surface area contributed by atoms with Crippen LogP contribution in [0.3, 0.4) is 0 Å². The van der Waals surface area contributed by atoms with Crippen molar-refractivity contribution in [1.82, 2.24) is 10.3 Å². The lowest BCUT2D eigenvalue weighted by Crippen LogP contribution is -2.31. The lowest BCUT2D eigenvalue weighted by molar-refractivity contribution is -0.121. The molecule has 120 valence electrons. The number of nitrogens with zero attached hydrogens (tertiary/aromatic N) is 1. The zero-order valence-electron chi connectivity index (χ0n) is 13.0. The van der Waals surface area contributed by atoms with E-state index in [-0.39, 0.29) is 24.2 Å². The van der Waals surface area contributed by atoms with Crippen LogP contribution in [0.1, 0.15) is 30.0 Å². The topological polar surface area (TPSA) is 51.2 Å². The van der Waals surface area contributed by atoms with Gasteiger partial charge in [-0.3, -0.25) is 9.78 Å². The van der Waals surface area contributed by atoms with E-state index in [1.165, 1.54) is 25.3 Å².